The van der Waals surface area contributed by atoms with Gasteiger partial charge in [-0.1, -0.05) is 0 Å². The van der Waals surface area contributed by atoms with Crippen molar-refractivity contribution in [2.45, 2.75) is 12.6 Å². The van der Waals surface area contributed by atoms with Crippen LogP contribution in [0.15, 0.2) is 21.2 Å². The summed E-state index contributed by atoms with van der Waals surface area (Å²) in [6.07, 6.45) is 1.87. The summed E-state index contributed by atoms with van der Waals surface area (Å²) < 4.78 is 2.11. The average Bonchev–Trinajstić information content (AvgIpc) is 2.33. The molecule has 2 saturated heterocycles. The number of hydrogen-bond acceptors (Lipinski definition) is 4. The molecule has 4 nitrogen and oxygen atoms in total. The minimum Gasteiger partial charge on any atom is -0.314 e. The normalized spacial score (nSPS) is 22.4. The SMILES string of the molecule is Brc1cnc(CN2CCN(C3CNC3)CC2)c(Br)c1. The van der Waals surface area contributed by atoms with Crippen LogP contribution in [-0.4, -0.2) is 60.1 Å². The van der Waals surface area contributed by atoms with E-state index in [2.05, 4.69) is 58.0 Å². The standard InChI is InChI=1S/C13H18Br2N4/c14-10-5-12(15)13(17-6-10)9-18-1-3-19(4-2-18)11-7-16-8-11/h5-6,11,16H,1-4,7-9H2. The molecule has 2 fully saturated rings. The molecule has 104 valence electrons. The number of hydrogen-bond donors (Lipinski definition) is 1. The number of piperazine rings is 1. The molecule has 0 amide bonds. The molecule has 0 radical (unpaired) electrons. The van der Waals surface area contributed by atoms with Gasteiger partial charge in [-0.15, -0.1) is 0 Å². The molecule has 1 N–H and O–H groups in total. The fraction of sp³-hybridized carbons (Fsp3) is 0.615. The predicted molar refractivity (Wildman–Crippen MR) is 83.1 cm³/mol. The second-order valence-electron chi connectivity index (χ2n) is 5.21. The maximum absolute atomic E-state index is 4.49. The van der Waals surface area contributed by atoms with Crippen LogP contribution < -0.4 is 5.32 Å². The fourth-order valence-corrected chi connectivity index (χ4v) is 3.70. The number of nitrogens with one attached hydrogen (secondary N) is 1. The number of pyridine rings is 1. The number of aromatic nitrogens is 1. The molecule has 3 heterocycles. The maximum Gasteiger partial charge on any atom is 0.0686 e. The van der Waals surface area contributed by atoms with E-state index in [1.54, 1.807) is 0 Å². The second kappa shape index (κ2) is 6.18. The Morgan fingerprint density at radius 1 is 1.21 bits per heavy atom. The van der Waals surface area contributed by atoms with Crippen LogP contribution in [0, 0.1) is 0 Å². The molecule has 0 spiro atoms. The first-order chi connectivity index (χ1) is 9.22. The van der Waals surface area contributed by atoms with Crippen LogP contribution in [-0.2, 0) is 6.54 Å². The summed E-state index contributed by atoms with van der Waals surface area (Å²) >= 11 is 7.03. The van der Waals surface area contributed by atoms with Crippen molar-refractivity contribution >= 4 is 31.9 Å². The van der Waals surface area contributed by atoms with Gasteiger partial charge in [0.2, 0.25) is 0 Å². The van der Waals surface area contributed by atoms with Gasteiger partial charge < -0.3 is 5.32 Å². The molecule has 19 heavy (non-hydrogen) atoms. The second-order valence-corrected chi connectivity index (χ2v) is 6.98. The van der Waals surface area contributed by atoms with E-state index in [0.29, 0.717) is 0 Å². The maximum atomic E-state index is 4.49. The Kier molecular flexibility index (Phi) is 4.54. The monoisotopic (exact) mass is 388 g/mol. The third-order valence-electron chi connectivity index (χ3n) is 3.94. The van der Waals surface area contributed by atoms with Crippen molar-refractivity contribution in [2.24, 2.45) is 0 Å². The van der Waals surface area contributed by atoms with Crippen LogP contribution in [0.2, 0.25) is 0 Å². The third kappa shape index (κ3) is 3.36. The van der Waals surface area contributed by atoms with Crippen molar-refractivity contribution in [1.29, 1.82) is 0 Å². The van der Waals surface area contributed by atoms with Crippen molar-refractivity contribution in [3.8, 4) is 0 Å². The first-order valence-corrected chi connectivity index (χ1v) is 8.28. The number of nitrogens with zero attached hydrogens (tertiary/aromatic N) is 3. The van der Waals surface area contributed by atoms with E-state index in [9.17, 15) is 0 Å². The predicted octanol–water partition coefficient (Wildman–Crippen LogP) is 1.70. The highest BCUT2D eigenvalue weighted by Crippen LogP contribution is 2.21. The highest BCUT2D eigenvalue weighted by Gasteiger charge is 2.27. The van der Waals surface area contributed by atoms with Crippen LogP contribution in [0.3, 0.4) is 0 Å². The zero-order chi connectivity index (χ0) is 13.2. The molecule has 6 heteroatoms. The van der Waals surface area contributed by atoms with Crippen LogP contribution >= 0.6 is 31.9 Å². The molecule has 0 aliphatic carbocycles. The Morgan fingerprint density at radius 3 is 2.53 bits per heavy atom. The molecule has 0 bridgehead atoms. The molecule has 1 aromatic rings. The Morgan fingerprint density at radius 2 is 1.95 bits per heavy atom. The zero-order valence-electron chi connectivity index (χ0n) is 10.8. The molecule has 0 saturated carbocycles. The van der Waals surface area contributed by atoms with Gasteiger partial charge in [-0.05, 0) is 37.9 Å². The van der Waals surface area contributed by atoms with Crippen molar-refractivity contribution < 1.29 is 0 Å². The smallest absolute Gasteiger partial charge is 0.0686 e. The molecule has 3 rings (SSSR count). The molecular formula is C13H18Br2N4. The lowest BCUT2D eigenvalue weighted by Crippen LogP contribution is -2.61. The van der Waals surface area contributed by atoms with E-state index in [0.717, 1.165) is 40.3 Å². The van der Waals surface area contributed by atoms with E-state index in [1.807, 2.05) is 6.20 Å². The highest BCUT2D eigenvalue weighted by atomic mass is 79.9. The highest BCUT2D eigenvalue weighted by molar-refractivity contribution is 9.11. The Balaban J connectivity index is 1.54. The van der Waals surface area contributed by atoms with Gasteiger partial charge in [-0.2, -0.15) is 0 Å². The summed E-state index contributed by atoms with van der Waals surface area (Å²) in [4.78, 5) is 9.59. The van der Waals surface area contributed by atoms with Crippen LogP contribution in [0.4, 0.5) is 0 Å². The van der Waals surface area contributed by atoms with Gasteiger partial charge in [0.1, 0.15) is 0 Å². The molecular weight excluding hydrogens is 372 g/mol. The van der Waals surface area contributed by atoms with Gasteiger partial charge in [-0.3, -0.25) is 14.8 Å². The summed E-state index contributed by atoms with van der Waals surface area (Å²) in [6.45, 7) is 7.91. The van der Waals surface area contributed by atoms with E-state index >= 15 is 0 Å². The summed E-state index contributed by atoms with van der Waals surface area (Å²) in [6, 6.07) is 2.85. The van der Waals surface area contributed by atoms with Gasteiger partial charge in [0.05, 0.1) is 5.69 Å². The topological polar surface area (TPSA) is 31.4 Å². The summed E-state index contributed by atoms with van der Waals surface area (Å²) in [5.41, 5.74) is 1.13. The van der Waals surface area contributed by atoms with E-state index < -0.39 is 0 Å². The van der Waals surface area contributed by atoms with Crippen LogP contribution in [0.1, 0.15) is 5.69 Å². The number of halogens is 2. The van der Waals surface area contributed by atoms with Crippen molar-refractivity contribution in [1.82, 2.24) is 20.1 Å². The van der Waals surface area contributed by atoms with Gasteiger partial charge in [0.25, 0.3) is 0 Å². The van der Waals surface area contributed by atoms with Crippen molar-refractivity contribution in [3.05, 3.63) is 26.9 Å². The first kappa shape index (κ1) is 13.9. The zero-order valence-corrected chi connectivity index (χ0v) is 14.0. The molecule has 0 atom stereocenters. The van der Waals surface area contributed by atoms with Crippen molar-refractivity contribution in [2.75, 3.05) is 39.3 Å². The molecule has 2 aliphatic rings. The van der Waals surface area contributed by atoms with Crippen LogP contribution in [0.5, 0.6) is 0 Å². The quantitative estimate of drug-likeness (QED) is 0.852. The molecule has 2 aliphatic heterocycles. The van der Waals surface area contributed by atoms with Gasteiger partial charge in [-0.25, -0.2) is 0 Å². The van der Waals surface area contributed by atoms with Crippen LogP contribution in [0.25, 0.3) is 0 Å². The third-order valence-corrected chi connectivity index (χ3v) is 5.06. The van der Waals surface area contributed by atoms with E-state index in [4.69, 9.17) is 0 Å². The van der Waals surface area contributed by atoms with E-state index in [-0.39, 0.29) is 0 Å². The largest absolute Gasteiger partial charge is 0.314 e. The summed E-state index contributed by atoms with van der Waals surface area (Å²) in [5.74, 6) is 0. The molecule has 0 aromatic carbocycles. The number of rotatable bonds is 3. The van der Waals surface area contributed by atoms with Crippen molar-refractivity contribution in [3.63, 3.8) is 0 Å². The molecule has 0 unspecified atom stereocenters. The minimum absolute atomic E-state index is 0.777. The Labute approximate surface area is 130 Å². The average molecular weight is 390 g/mol. The lowest BCUT2D eigenvalue weighted by atomic mass is 10.1. The Bertz CT molecular complexity index is 442. The minimum atomic E-state index is 0.777. The van der Waals surface area contributed by atoms with Gasteiger partial charge in [0, 0.05) is 67.0 Å². The lowest BCUT2D eigenvalue weighted by Gasteiger charge is -2.43. The van der Waals surface area contributed by atoms with E-state index in [1.165, 1.54) is 26.2 Å². The van der Waals surface area contributed by atoms with Gasteiger partial charge in [0.15, 0.2) is 0 Å². The summed E-state index contributed by atoms with van der Waals surface area (Å²) in [7, 11) is 0. The summed E-state index contributed by atoms with van der Waals surface area (Å²) in [5, 5.41) is 3.35. The fourth-order valence-electron chi connectivity index (χ4n) is 2.59. The Hall–Kier alpha value is -0.0100. The lowest BCUT2D eigenvalue weighted by molar-refractivity contribution is 0.0689. The first-order valence-electron chi connectivity index (χ1n) is 6.69. The molecule has 1 aromatic heterocycles. The van der Waals surface area contributed by atoms with Gasteiger partial charge >= 0.3 is 0 Å².